The van der Waals surface area contributed by atoms with Crippen molar-refractivity contribution in [1.82, 2.24) is 10.2 Å². The first-order valence-corrected chi connectivity index (χ1v) is 7.52. The van der Waals surface area contributed by atoms with Crippen molar-refractivity contribution in [3.63, 3.8) is 0 Å². The van der Waals surface area contributed by atoms with Gasteiger partial charge in [0.25, 0.3) is 0 Å². The summed E-state index contributed by atoms with van der Waals surface area (Å²) in [6.07, 6.45) is 0.609. The molecule has 1 aromatic heterocycles. The Labute approximate surface area is 138 Å². The van der Waals surface area contributed by atoms with Crippen molar-refractivity contribution >= 4 is 23.2 Å². The van der Waals surface area contributed by atoms with Crippen LogP contribution in [0.4, 0.5) is 5.69 Å². The normalized spacial score (nSPS) is 10.5. The quantitative estimate of drug-likeness (QED) is 0.770. The molecule has 0 aliphatic rings. The Kier molecular flexibility index (Phi) is 4.68. The summed E-state index contributed by atoms with van der Waals surface area (Å²) in [6.45, 7) is 0. The fourth-order valence-corrected chi connectivity index (χ4v) is 2.23. The van der Waals surface area contributed by atoms with Crippen LogP contribution >= 0.6 is 11.6 Å². The SMILES string of the molecule is O=C(CCc1nnc(-c2ccccc2)o1)Nc1ccccc1Cl. The summed E-state index contributed by atoms with van der Waals surface area (Å²) in [7, 11) is 0. The van der Waals surface area contributed by atoms with E-state index in [0.717, 1.165) is 5.56 Å². The second-order valence-electron chi connectivity index (χ2n) is 4.90. The van der Waals surface area contributed by atoms with Gasteiger partial charge >= 0.3 is 0 Å². The molecule has 5 nitrogen and oxygen atoms in total. The maximum atomic E-state index is 12.0. The van der Waals surface area contributed by atoms with E-state index in [9.17, 15) is 4.79 Å². The van der Waals surface area contributed by atoms with Crippen LogP contribution in [0.3, 0.4) is 0 Å². The summed E-state index contributed by atoms with van der Waals surface area (Å²) in [6, 6.07) is 16.6. The van der Waals surface area contributed by atoms with Crippen LogP contribution in [0.2, 0.25) is 5.02 Å². The standard InChI is InChI=1S/C17H14ClN3O2/c18-13-8-4-5-9-14(13)19-15(22)10-11-16-20-21-17(23-16)12-6-2-1-3-7-12/h1-9H,10-11H2,(H,19,22). The summed E-state index contributed by atoms with van der Waals surface area (Å²) in [5.41, 5.74) is 1.45. The summed E-state index contributed by atoms with van der Waals surface area (Å²) in [5.74, 6) is 0.725. The minimum absolute atomic E-state index is 0.155. The molecule has 0 radical (unpaired) electrons. The van der Waals surface area contributed by atoms with Gasteiger partial charge < -0.3 is 9.73 Å². The molecule has 0 atom stereocenters. The molecule has 0 saturated carbocycles. The fourth-order valence-electron chi connectivity index (χ4n) is 2.05. The Bertz CT molecular complexity index is 802. The predicted molar refractivity (Wildman–Crippen MR) is 88.1 cm³/mol. The van der Waals surface area contributed by atoms with Gasteiger partial charge in [-0.3, -0.25) is 4.79 Å². The first-order valence-electron chi connectivity index (χ1n) is 7.14. The first-order chi connectivity index (χ1) is 11.2. The zero-order chi connectivity index (χ0) is 16.1. The molecule has 23 heavy (non-hydrogen) atoms. The van der Waals surface area contributed by atoms with Gasteiger partial charge in [-0.15, -0.1) is 10.2 Å². The Balaban J connectivity index is 1.58. The van der Waals surface area contributed by atoms with Crippen molar-refractivity contribution < 1.29 is 9.21 Å². The highest BCUT2D eigenvalue weighted by atomic mass is 35.5. The number of para-hydroxylation sites is 1. The lowest BCUT2D eigenvalue weighted by Gasteiger charge is -2.05. The molecule has 0 unspecified atom stereocenters. The molecule has 1 amide bonds. The lowest BCUT2D eigenvalue weighted by atomic mass is 10.2. The zero-order valence-electron chi connectivity index (χ0n) is 12.2. The van der Waals surface area contributed by atoms with Crippen LogP contribution in [-0.2, 0) is 11.2 Å². The smallest absolute Gasteiger partial charge is 0.247 e. The molecule has 3 rings (SSSR count). The van der Waals surface area contributed by atoms with Gasteiger partial charge in [0.05, 0.1) is 10.7 Å². The van der Waals surface area contributed by atoms with E-state index in [-0.39, 0.29) is 12.3 Å². The number of aryl methyl sites for hydroxylation is 1. The van der Waals surface area contributed by atoms with Crippen molar-refractivity contribution in [2.24, 2.45) is 0 Å². The third kappa shape index (κ3) is 3.96. The fraction of sp³-hybridized carbons (Fsp3) is 0.118. The van der Waals surface area contributed by atoms with Crippen molar-refractivity contribution in [2.75, 3.05) is 5.32 Å². The highest BCUT2D eigenvalue weighted by molar-refractivity contribution is 6.33. The molecule has 0 aliphatic carbocycles. The van der Waals surface area contributed by atoms with Gasteiger partial charge in [-0.2, -0.15) is 0 Å². The van der Waals surface area contributed by atoms with Crippen LogP contribution in [0.25, 0.3) is 11.5 Å². The van der Waals surface area contributed by atoms with E-state index < -0.39 is 0 Å². The molecule has 0 saturated heterocycles. The molecule has 0 fully saturated rings. The van der Waals surface area contributed by atoms with Gasteiger partial charge in [-0.05, 0) is 24.3 Å². The number of nitrogens with zero attached hydrogens (tertiary/aromatic N) is 2. The monoisotopic (exact) mass is 327 g/mol. The highest BCUT2D eigenvalue weighted by Crippen LogP contribution is 2.21. The number of hydrogen-bond donors (Lipinski definition) is 1. The zero-order valence-corrected chi connectivity index (χ0v) is 13.0. The average Bonchev–Trinajstić information content (AvgIpc) is 3.05. The summed E-state index contributed by atoms with van der Waals surface area (Å²) in [4.78, 5) is 12.0. The molecule has 0 spiro atoms. The van der Waals surface area contributed by atoms with E-state index >= 15 is 0 Å². The molecule has 0 bridgehead atoms. The minimum Gasteiger partial charge on any atom is -0.421 e. The van der Waals surface area contributed by atoms with Crippen molar-refractivity contribution in [1.29, 1.82) is 0 Å². The molecule has 116 valence electrons. The largest absolute Gasteiger partial charge is 0.421 e. The number of anilines is 1. The van der Waals surface area contributed by atoms with E-state index in [2.05, 4.69) is 15.5 Å². The molecular weight excluding hydrogens is 314 g/mol. The van der Waals surface area contributed by atoms with E-state index in [1.54, 1.807) is 12.1 Å². The van der Waals surface area contributed by atoms with E-state index in [0.29, 0.717) is 28.9 Å². The minimum atomic E-state index is -0.155. The molecular formula is C17H14ClN3O2. The van der Waals surface area contributed by atoms with Crippen LogP contribution in [0, 0.1) is 0 Å². The van der Waals surface area contributed by atoms with Gasteiger partial charge in [-0.25, -0.2) is 0 Å². The summed E-state index contributed by atoms with van der Waals surface area (Å²) in [5, 5.41) is 11.2. The van der Waals surface area contributed by atoms with Crippen LogP contribution in [-0.4, -0.2) is 16.1 Å². The Morgan fingerprint density at radius 1 is 1.04 bits per heavy atom. The second-order valence-corrected chi connectivity index (χ2v) is 5.30. The number of aromatic nitrogens is 2. The Hall–Kier alpha value is -2.66. The van der Waals surface area contributed by atoms with Crippen molar-refractivity contribution in [3.8, 4) is 11.5 Å². The number of carbonyl (C=O) groups is 1. The number of benzene rings is 2. The lowest BCUT2D eigenvalue weighted by molar-refractivity contribution is -0.116. The van der Waals surface area contributed by atoms with Crippen LogP contribution in [0.5, 0.6) is 0 Å². The van der Waals surface area contributed by atoms with Crippen LogP contribution in [0.15, 0.2) is 59.0 Å². The van der Waals surface area contributed by atoms with E-state index in [4.69, 9.17) is 16.0 Å². The van der Waals surface area contributed by atoms with Gasteiger partial charge in [0, 0.05) is 18.4 Å². The molecule has 3 aromatic rings. The van der Waals surface area contributed by atoms with Gasteiger partial charge in [0.2, 0.25) is 17.7 Å². The number of nitrogens with one attached hydrogen (secondary N) is 1. The average molecular weight is 328 g/mol. The molecule has 2 aromatic carbocycles. The number of halogens is 1. The topological polar surface area (TPSA) is 68.0 Å². The Morgan fingerprint density at radius 3 is 2.57 bits per heavy atom. The van der Waals surface area contributed by atoms with Crippen LogP contribution < -0.4 is 5.32 Å². The number of amides is 1. The number of carbonyl (C=O) groups excluding carboxylic acids is 1. The molecule has 0 aliphatic heterocycles. The first kappa shape index (κ1) is 15.2. The molecule has 1 heterocycles. The third-order valence-corrected chi connectivity index (χ3v) is 3.53. The number of rotatable bonds is 5. The highest BCUT2D eigenvalue weighted by Gasteiger charge is 2.11. The summed E-state index contributed by atoms with van der Waals surface area (Å²) >= 11 is 6.00. The van der Waals surface area contributed by atoms with Crippen molar-refractivity contribution in [2.45, 2.75) is 12.8 Å². The molecule has 1 N–H and O–H groups in total. The second kappa shape index (κ2) is 7.07. The van der Waals surface area contributed by atoms with Gasteiger partial charge in [0.1, 0.15) is 0 Å². The third-order valence-electron chi connectivity index (χ3n) is 3.20. The Morgan fingerprint density at radius 2 is 1.78 bits per heavy atom. The maximum absolute atomic E-state index is 12.0. The van der Waals surface area contributed by atoms with E-state index in [1.165, 1.54) is 0 Å². The van der Waals surface area contributed by atoms with Gasteiger partial charge in [-0.1, -0.05) is 41.9 Å². The van der Waals surface area contributed by atoms with Crippen LogP contribution in [0.1, 0.15) is 12.3 Å². The van der Waals surface area contributed by atoms with Crippen molar-refractivity contribution in [3.05, 3.63) is 65.5 Å². The molecule has 6 heteroatoms. The summed E-state index contributed by atoms with van der Waals surface area (Å²) < 4.78 is 5.57. The van der Waals surface area contributed by atoms with Gasteiger partial charge in [0.15, 0.2) is 0 Å². The maximum Gasteiger partial charge on any atom is 0.247 e. The predicted octanol–water partition coefficient (Wildman–Crippen LogP) is 3.96. The van der Waals surface area contributed by atoms with E-state index in [1.807, 2.05) is 42.5 Å². The lowest BCUT2D eigenvalue weighted by Crippen LogP contribution is -2.12. The number of hydrogen-bond acceptors (Lipinski definition) is 4.